The maximum Gasteiger partial charge on any atom is 0.324 e. The molecule has 0 unspecified atom stereocenters. The van der Waals surface area contributed by atoms with Crippen molar-refractivity contribution in [1.29, 1.82) is 0 Å². The zero-order valence-corrected chi connectivity index (χ0v) is 19.3. The minimum absolute atomic E-state index is 0.319. The molecule has 3 saturated heterocycles. The summed E-state index contributed by atoms with van der Waals surface area (Å²) in [5.41, 5.74) is 7.20. The molecule has 2 bridgehead atoms. The SMILES string of the molecule is Cc1nc(NC(=O)N2CCC[C@H]2C(N)=O)sc1-c1csc(N2CC3CCC(CC3)C2)n1. The number of aromatic nitrogens is 2. The summed E-state index contributed by atoms with van der Waals surface area (Å²) in [7, 11) is 0. The minimum atomic E-state index is -0.537. The molecule has 1 aliphatic carbocycles. The van der Waals surface area contributed by atoms with Gasteiger partial charge in [-0.05, 0) is 57.3 Å². The second-order valence-electron chi connectivity index (χ2n) is 8.92. The second-order valence-corrected chi connectivity index (χ2v) is 10.8. The van der Waals surface area contributed by atoms with Gasteiger partial charge in [-0.1, -0.05) is 11.3 Å². The van der Waals surface area contributed by atoms with E-state index in [2.05, 4.69) is 20.6 Å². The molecule has 2 aromatic heterocycles. The van der Waals surface area contributed by atoms with Crippen LogP contribution < -0.4 is 16.0 Å². The number of urea groups is 1. The van der Waals surface area contributed by atoms with Crippen molar-refractivity contribution < 1.29 is 9.59 Å². The van der Waals surface area contributed by atoms with Crippen molar-refractivity contribution in [2.45, 2.75) is 51.5 Å². The highest BCUT2D eigenvalue weighted by Gasteiger charge is 2.33. The molecule has 3 aliphatic heterocycles. The first-order valence-electron chi connectivity index (χ1n) is 11.0. The van der Waals surface area contributed by atoms with Crippen molar-refractivity contribution in [3.63, 3.8) is 0 Å². The molecular weight excluding hydrogens is 432 g/mol. The molecule has 0 radical (unpaired) electrons. The van der Waals surface area contributed by atoms with Crippen LogP contribution in [0.1, 0.15) is 44.2 Å². The van der Waals surface area contributed by atoms with E-state index >= 15 is 0 Å². The van der Waals surface area contributed by atoms with Gasteiger partial charge in [0, 0.05) is 25.0 Å². The number of anilines is 2. The molecule has 4 fully saturated rings. The average Bonchev–Trinajstić information content (AvgIpc) is 3.43. The number of aryl methyl sites for hydroxylation is 1. The first-order chi connectivity index (χ1) is 15.0. The lowest BCUT2D eigenvalue weighted by Crippen LogP contribution is -2.45. The van der Waals surface area contributed by atoms with Crippen LogP contribution in [-0.4, -0.2) is 52.5 Å². The van der Waals surface area contributed by atoms with Crippen LogP contribution >= 0.6 is 22.7 Å². The van der Waals surface area contributed by atoms with Gasteiger partial charge in [-0.3, -0.25) is 10.1 Å². The first-order valence-corrected chi connectivity index (χ1v) is 12.7. The quantitative estimate of drug-likeness (QED) is 0.724. The standard InChI is InChI=1S/C21H28N6O2S2/c1-12-17(31-19(23-12)25-20(29)27-8-2-3-16(27)18(22)28)15-11-30-21(24-15)26-9-13-4-5-14(10-26)7-6-13/h11,13-14,16H,2-10H2,1H3,(H2,22,28)(H,23,25,29)/t13?,14?,16-/m0/s1. The lowest BCUT2D eigenvalue weighted by Gasteiger charge is -2.21. The topological polar surface area (TPSA) is 104 Å². The molecule has 3 N–H and O–H groups in total. The number of nitrogens with zero attached hydrogens (tertiary/aromatic N) is 4. The fraction of sp³-hybridized carbons (Fsp3) is 0.619. The van der Waals surface area contributed by atoms with E-state index in [0.717, 1.165) is 52.7 Å². The number of rotatable bonds is 4. The van der Waals surface area contributed by atoms with Crippen LogP contribution in [0.25, 0.3) is 10.6 Å². The molecule has 0 spiro atoms. The Labute approximate surface area is 189 Å². The Hall–Kier alpha value is -2.20. The number of thiazole rings is 2. The normalized spacial score (nSPS) is 25.6. The van der Waals surface area contributed by atoms with E-state index in [4.69, 9.17) is 10.7 Å². The highest BCUT2D eigenvalue weighted by atomic mass is 32.1. The number of likely N-dealkylation sites (tertiary alicyclic amines) is 1. The van der Waals surface area contributed by atoms with Crippen LogP contribution in [0.5, 0.6) is 0 Å². The largest absolute Gasteiger partial charge is 0.368 e. The van der Waals surface area contributed by atoms with E-state index < -0.39 is 11.9 Å². The molecule has 31 heavy (non-hydrogen) atoms. The summed E-state index contributed by atoms with van der Waals surface area (Å²) in [4.78, 5) is 38.7. The van der Waals surface area contributed by atoms with E-state index in [1.165, 1.54) is 41.9 Å². The first kappa shape index (κ1) is 20.7. The smallest absolute Gasteiger partial charge is 0.324 e. The lowest BCUT2D eigenvalue weighted by atomic mass is 9.84. The van der Waals surface area contributed by atoms with Gasteiger partial charge in [0.2, 0.25) is 5.91 Å². The summed E-state index contributed by atoms with van der Waals surface area (Å²) in [6, 6.07) is -0.855. The van der Waals surface area contributed by atoms with Crippen LogP contribution in [0.3, 0.4) is 0 Å². The molecule has 3 amide bonds. The lowest BCUT2D eigenvalue weighted by molar-refractivity contribution is -0.121. The molecule has 10 heteroatoms. The van der Waals surface area contributed by atoms with Crippen molar-refractivity contribution in [2.75, 3.05) is 29.9 Å². The van der Waals surface area contributed by atoms with Gasteiger partial charge in [-0.25, -0.2) is 14.8 Å². The predicted molar refractivity (Wildman–Crippen MR) is 124 cm³/mol. The van der Waals surface area contributed by atoms with Crippen molar-refractivity contribution >= 4 is 44.9 Å². The number of hydrogen-bond acceptors (Lipinski definition) is 7. The molecule has 1 saturated carbocycles. The summed E-state index contributed by atoms with van der Waals surface area (Å²) in [6.07, 6.45) is 6.80. The fourth-order valence-corrected chi connectivity index (χ4v) is 6.95. The summed E-state index contributed by atoms with van der Waals surface area (Å²) >= 11 is 3.12. The maximum atomic E-state index is 12.7. The van der Waals surface area contributed by atoms with Gasteiger partial charge < -0.3 is 15.5 Å². The number of fused-ring (bicyclic) bond motifs is 4. The van der Waals surface area contributed by atoms with Gasteiger partial charge in [0.25, 0.3) is 0 Å². The third-order valence-electron chi connectivity index (χ3n) is 6.77. The maximum absolute atomic E-state index is 12.7. The Kier molecular flexibility index (Phi) is 5.60. The molecular formula is C21H28N6O2S2. The van der Waals surface area contributed by atoms with Crippen molar-refractivity contribution in [2.24, 2.45) is 17.6 Å². The van der Waals surface area contributed by atoms with Crippen molar-refractivity contribution in [3.8, 4) is 10.6 Å². The zero-order valence-electron chi connectivity index (χ0n) is 17.7. The molecule has 0 aromatic carbocycles. The van der Waals surface area contributed by atoms with Crippen molar-refractivity contribution in [1.82, 2.24) is 14.9 Å². The Morgan fingerprint density at radius 1 is 1.13 bits per heavy atom. The van der Waals surface area contributed by atoms with Crippen LogP contribution in [0.4, 0.5) is 15.1 Å². The Balaban J connectivity index is 1.30. The summed E-state index contributed by atoms with van der Waals surface area (Å²) in [6.45, 7) is 4.70. The second kappa shape index (κ2) is 8.38. The molecule has 5 heterocycles. The number of carbonyl (C=O) groups is 2. The average molecular weight is 461 g/mol. The Bertz CT molecular complexity index is 966. The van der Waals surface area contributed by atoms with E-state index in [-0.39, 0.29) is 6.03 Å². The Morgan fingerprint density at radius 3 is 2.52 bits per heavy atom. The minimum Gasteiger partial charge on any atom is -0.368 e. The van der Waals surface area contributed by atoms with Crippen LogP contribution in [0.2, 0.25) is 0 Å². The predicted octanol–water partition coefficient (Wildman–Crippen LogP) is 3.68. The van der Waals surface area contributed by atoms with Gasteiger partial charge >= 0.3 is 6.03 Å². The number of hydrogen-bond donors (Lipinski definition) is 2. The number of carbonyl (C=O) groups excluding carboxylic acids is 2. The number of nitrogens with two attached hydrogens (primary N) is 1. The molecule has 8 nitrogen and oxygen atoms in total. The van der Waals surface area contributed by atoms with E-state index in [0.29, 0.717) is 18.1 Å². The zero-order chi connectivity index (χ0) is 21.5. The molecule has 6 rings (SSSR count). The van der Waals surface area contributed by atoms with Crippen LogP contribution in [0.15, 0.2) is 5.38 Å². The van der Waals surface area contributed by atoms with Crippen molar-refractivity contribution in [3.05, 3.63) is 11.1 Å². The number of primary amides is 1. The molecule has 166 valence electrons. The van der Waals surface area contributed by atoms with Gasteiger partial charge in [0.15, 0.2) is 10.3 Å². The van der Waals surface area contributed by atoms with Gasteiger partial charge in [0.1, 0.15) is 6.04 Å². The summed E-state index contributed by atoms with van der Waals surface area (Å²) in [5, 5.41) is 6.56. The monoisotopic (exact) mass is 460 g/mol. The van der Waals surface area contributed by atoms with Gasteiger partial charge in [-0.15, -0.1) is 11.3 Å². The molecule has 4 aliphatic rings. The Morgan fingerprint density at radius 2 is 1.84 bits per heavy atom. The van der Waals surface area contributed by atoms with Gasteiger partial charge in [-0.2, -0.15) is 0 Å². The van der Waals surface area contributed by atoms with E-state index in [1.807, 2.05) is 6.92 Å². The summed E-state index contributed by atoms with van der Waals surface area (Å²) in [5.74, 6) is 1.14. The summed E-state index contributed by atoms with van der Waals surface area (Å²) < 4.78 is 0. The number of amides is 3. The highest BCUT2D eigenvalue weighted by molar-refractivity contribution is 7.20. The molecule has 2 aromatic rings. The number of nitrogens with one attached hydrogen (secondary N) is 1. The van der Waals surface area contributed by atoms with E-state index in [9.17, 15) is 9.59 Å². The third kappa shape index (κ3) is 4.15. The van der Waals surface area contributed by atoms with Gasteiger partial charge in [0.05, 0.1) is 16.3 Å². The third-order valence-corrected chi connectivity index (χ3v) is 8.77. The fourth-order valence-electron chi connectivity index (χ4n) is 5.12. The van der Waals surface area contributed by atoms with Crippen LogP contribution in [0, 0.1) is 18.8 Å². The highest BCUT2D eigenvalue weighted by Crippen LogP contribution is 2.39. The molecule has 1 atom stereocenters. The van der Waals surface area contributed by atoms with E-state index in [1.54, 1.807) is 11.3 Å². The van der Waals surface area contributed by atoms with Crippen LogP contribution in [-0.2, 0) is 4.79 Å².